The summed E-state index contributed by atoms with van der Waals surface area (Å²) in [6.45, 7) is 1.53. The number of aromatic nitrogens is 1. The lowest BCUT2D eigenvalue weighted by Crippen LogP contribution is -2.21. The summed E-state index contributed by atoms with van der Waals surface area (Å²) in [7, 11) is 0. The van der Waals surface area contributed by atoms with E-state index in [4.69, 9.17) is 22.1 Å². The second-order valence-electron chi connectivity index (χ2n) is 5.31. The Balaban J connectivity index is 1.94. The van der Waals surface area contributed by atoms with E-state index in [1.165, 1.54) is 4.57 Å². The first kappa shape index (κ1) is 16.1. The van der Waals surface area contributed by atoms with Crippen molar-refractivity contribution in [1.82, 2.24) is 4.57 Å². The molecule has 0 atom stereocenters. The molecular formula is C18H15ClN2O3. The number of rotatable bonds is 4. The molecule has 0 spiro atoms. The highest BCUT2D eigenvalue weighted by molar-refractivity contribution is 6.30. The van der Waals surface area contributed by atoms with Crippen molar-refractivity contribution in [2.24, 2.45) is 5.73 Å². The number of halogens is 1. The monoisotopic (exact) mass is 342 g/mol. The van der Waals surface area contributed by atoms with Gasteiger partial charge in [0.25, 0.3) is 11.8 Å². The lowest BCUT2D eigenvalue weighted by atomic mass is 10.1. The van der Waals surface area contributed by atoms with Gasteiger partial charge in [-0.2, -0.15) is 0 Å². The molecule has 0 aliphatic rings. The van der Waals surface area contributed by atoms with E-state index >= 15 is 0 Å². The molecule has 2 aromatic carbocycles. The number of benzene rings is 2. The van der Waals surface area contributed by atoms with Gasteiger partial charge in [0, 0.05) is 16.1 Å². The quantitative estimate of drug-likeness (QED) is 0.789. The molecule has 0 aliphatic heterocycles. The number of primary amides is 1. The van der Waals surface area contributed by atoms with Gasteiger partial charge in [-0.25, -0.2) is 0 Å². The van der Waals surface area contributed by atoms with E-state index < -0.39 is 5.91 Å². The molecule has 0 bridgehead atoms. The standard InChI is InChI=1S/C18H15ClN2O3/c1-11-17(18(20)23)14-4-2-3-5-15(14)21(11)16(22)10-24-13-8-6-12(19)7-9-13/h2-9H,10H2,1H3,(H2,20,23). The van der Waals surface area contributed by atoms with Gasteiger partial charge in [-0.3, -0.25) is 14.2 Å². The van der Waals surface area contributed by atoms with Gasteiger partial charge in [-0.05, 0) is 37.3 Å². The summed E-state index contributed by atoms with van der Waals surface area (Å²) in [5, 5.41) is 1.24. The molecule has 0 unspecified atom stereocenters. The smallest absolute Gasteiger partial charge is 0.269 e. The summed E-state index contributed by atoms with van der Waals surface area (Å²) in [5.41, 5.74) is 6.96. The van der Waals surface area contributed by atoms with Crippen LogP contribution in [0.1, 0.15) is 20.8 Å². The number of para-hydroxylation sites is 1. The number of amides is 1. The van der Waals surface area contributed by atoms with Crippen LogP contribution >= 0.6 is 11.6 Å². The SMILES string of the molecule is Cc1c(C(N)=O)c2ccccc2n1C(=O)COc1ccc(Cl)cc1. The number of nitrogens with zero attached hydrogens (tertiary/aromatic N) is 1. The maximum absolute atomic E-state index is 12.6. The van der Waals surface area contributed by atoms with Crippen LogP contribution in [0.2, 0.25) is 5.02 Å². The minimum absolute atomic E-state index is 0.167. The zero-order valence-corrected chi connectivity index (χ0v) is 13.7. The van der Waals surface area contributed by atoms with Crippen LogP contribution < -0.4 is 10.5 Å². The molecule has 6 heteroatoms. The van der Waals surface area contributed by atoms with Crippen LogP contribution in [0.3, 0.4) is 0 Å². The Kier molecular flexibility index (Phi) is 4.27. The molecule has 1 heterocycles. The van der Waals surface area contributed by atoms with Crippen molar-refractivity contribution in [3.63, 3.8) is 0 Å². The first-order chi connectivity index (χ1) is 11.5. The fourth-order valence-corrected chi connectivity index (χ4v) is 2.87. The Labute approximate surface area is 143 Å². The number of nitrogens with two attached hydrogens (primary N) is 1. The summed E-state index contributed by atoms with van der Waals surface area (Å²) in [5.74, 6) is -0.308. The van der Waals surface area contributed by atoms with Crippen molar-refractivity contribution in [1.29, 1.82) is 0 Å². The topological polar surface area (TPSA) is 74.3 Å². The minimum atomic E-state index is -0.561. The number of hydrogen-bond donors (Lipinski definition) is 1. The van der Waals surface area contributed by atoms with Gasteiger partial charge in [0.2, 0.25) is 0 Å². The molecule has 2 N–H and O–H groups in total. The molecule has 5 nitrogen and oxygen atoms in total. The summed E-state index contributed by atoms with van der Waals surface area (Å²) >= 11 is 5.82. The largest absolute Gasteiger partial charge is 0.484 e. The third-order valence-corrected chi connectivity index (χ3v) is 4.04. The van der Waals surface area contributed by atoms with Crippen molar-refractivity contribution in [3.05, 3.63) is 64.8 Å². The van der Waals surface area contributed by atoms with Gasteiger partial charge in [0.15, 0.2) is 6.61 Å². The second kappa shape index (κ2) is 6.37. The van der Waals surface area contributed by atoms with Gasteiger partial charge in [-0.15, -0.1) is 0 Å². The van der Waals surface area contributed by atoms with Gasteiger partial charge in [0.05, 0.1) is 11.1 Å². The van der Waals surface area contributed by atoms with E-state index in [2.05, 4.69) is 0 Å². The fraction of sp³-hybridized carbons (Fsp3) is 0.111. The Morgan fingerprint density at radius 3 is 2.46 bits per heavy atom. The van der Waals surface area contributed by atoms with E-state index in [9.17, 15) is 9.59 Å². The highest BCUT2D eigenvalue weighted by Gasteiger charge is 2.21. The first-order valence-electron chi connectivity index (χ1n) is 7.30. The normalized spacial score (nSPS) is 10.8. The fourth-order valence-electron chi connectivity index (χ4n) is 2.74. The molecule has 24 heavy (non-hydrogen) atoms. The van der Waals surface area contributed by atoms with Crippen LogP contribution in [0.25, 0.3) is 10.9 Å². The first-order valence-corrected chi connectivity index (χ1v) is 7.68. The lowest BCUT2D eigenvalue weighted by molar-refractivity contribution is 0.0841. The number of carbonyl (C=O) groups is 2. The zero-order valence-electron chi connectivity index (χ0n) is 13.0. The number of ether oxygens (including phenoxy) is 1. The zero-order chi connectivity index (χ0) is 17.3. The molecule has 0 fully saturated rings. The van der Waals surface area contributed by atoms with E-state index in [0.717, 1.165) is 0 Å². The van der Waals surface area contributed by atoms with Crippen molar-refractivity contribution in [2.45, 2.75) is 6.92 Å². The van der Waals surface area contributed by atoms with Crippen LogP contribution in [-0.4, -0.2) is 23.0 Å². The lowest BCUT2D eigenvalue weighted by Gasteiger charge is -2.09. The van der Waals surface area contributed by atoms with Crippen LogP contribution in [0.15, 0.2) is 48.5 Å². The predicted octanol–water partition coefficient (Wildman–Crippen LogP) is 3.42. The van der Waals surface area contributed by atoms with Crippen molar-refractivity contribution in [2.75, 3.05) is 6.61 Å². The molecule has 0 aliphatic carbocycles. The summed E-state index contributed by atoms with van der Waals surface area (Å²) in [6.07, 6.45) is 0. The Morgan fingerprint density at radius 2 is 1.79 bits per heavy atom. The summed E-state index contributed by atoms with van der Waals surface area (Å²) in [6, 6.07) is 13.9. The van der Waals surface area contributed by atoms with Crippen molar-refractivity contribution < 1.29 is 14.3 Å². The third kappa shape index (κ3) is 2.86. The highest BCUT2D eigenvalue weighted by Crippen LogP contribution is 2.25. The van der Waals surface area contributed by atoms with E-state index in [-0.39, 0.29) is 12.5 Å². The molecular weight excluding hydrogens is 328 g/mol. The highest BCUT2D eigenvalue weighted by atomic mass is 35.5. The number of carbonyl (C=O) groups excluding carboxylic acids is 2. The summed E-state index contributed by atoms with van der Waals surface area (Å²) < 4.78 is 6.97. The van der Waals surface area contributed by atoms with Crippen LogP contribution in [0, 0.1) is 6.92 Å². The molecule has 0 saturated heterocycles. The molecule has 1 amide bonds. The Bertz CT molecular complexity index is 929. The average molecular weight is 343 g/mol. The molecule has 1 aromatic heterocycles. The van der Waals surface area contributed by atoms with Gasteiger partial charge >= 0.3 is 0 Å². The van der Waals surface area contributed by atoms with Crippen LogP contribution in [-0.2, 0) is 0 Å². The number of hydrogen-bond acceptors (Lipinski definition) is 3. The van der Waals surface area contributed by atoms with Gasteiger partial charge < -0.3 is 10.5 Å². The Hall–Kier alpha value is -2.79. The van der Waals surface area contributed by atoms with Gasteiger partial charge in [-0.1, -0.05) is 29.8 Å². The molecule has 122 valence electrons. The molecule has 0 saturated carbocycles. The Morgan fingerprint density at radius 1 is 1.12 bits per heavy atom. The maximum atomic E-state index is 12.6. The maximum Gasteiger partial charge on any atom is 0.269 e. The average Bonchev–Trinajstić information content (AvgIpc) is 2.86. The molecule has 3 rings (SSSR count). The van der Waals surface area contributed by atoms with Crippen LogP contribution in [0.4, 0.5) is 0 Å². The summed E-state index contributed by atoms with van der Waals surface area (Å²) in [4.78, 5) is 24.4. The molecule has 3 aromatic rings. The van der Waals surface area contributed by atoms with Crippen molar-refractivity contribution >= 4 is 34.3 Å². The molecule has 0 radical (unpaired) electrons. The second-order valence-corrected chi connectivity index (χ2v) is 5.75. The number of fused-ring (bicyclic) bond motifs is 1. The minimum Gasteiger partial charge on any atom is -0.484 e. The van der Waals surface area contributed by atoms with Crippen LogP contribution in [0.5, 0.6) is 5.75 Å². The predicted molar refractivity (Wildman–Crippen MR) is 92.8 cm³/mol. The van der Waals surface area contributed by atoms with E-state index in [1.807, 2.05) is 0 Å². The van der Waals surface area contributed by atoms with Crippen molar-refractivity contribution in [3.8, 4) is 5.75 Å². The third-order valence-electron chi connectivity index (χ3n) is 3.78. The van der Waals surface area contributed by atoms with Gasteiger partial charge in [0.1, 0.15) is 5.75 Å². The van der Waals surface area contributed by atoms with E-state index in [1.54, 1.807) is 55.5 Å². The van der Waals surface area contributed by atoms with E-state index in [0.29, 0.717) is 32.9 Å².